The molecule has 4 nitrogen and oxygen atoms in total. The molecule has 2 aliphatic heterocycles. The van der Waals surface area contributed by atoms with Gasteiger partial charge in [-0.2, -0.15) is 0 Å². The fourth-order valence-corrected chi connectivity index (χ4v) is 2.65. The lowest BCUT2D eigenvalue weighted by atomic mass is 9.80. The van der Waals surface area contributed by atoms with E-state index in [2.05, 4.69) is 5.73 Å². The average Bonchev–Trinajstić information content (AvgIpc) is 2.67. The van der Waals surface area contributed by atoms with Gasteiger partial charge in [0.15, 0.2) is 5.79 Å². The number of hydrogen-bond donors (Lipinski definition) is 1. The maximum absolute atomic E-state index is 9.39. The first-order valence-corrected chi connectivity index (χ1v) is 6.36. The topological polar surface area (TPSA) is 47.9 Å². The maximum Gasteiger partial charge on any atom is 0.164 e. The molecule has 0 spiro atoms. The molecule has 0 radical (unpaired) electrons. The van der Waals surface area contributed by atoms with Crippen LogP contribution in [0.15, 0.2) is 17.4 Å². The number of hydrogen-bond acceptors (Lipinski definition) is 4. The molecule has 0 aromatic rings. The van der Waals surface area contributed by atoms with E-state index in [-0.39, 0.29) is 24.8 Å². The summed E-state index contributed by atoms with van der Waals surface area (Å²) >= 11 is 0. The van der Waals surface area contributed by atoms with Crippen LogP contribution in [0.2, 0.25) is 0 Å². The molecule has 2 aliphatic rings. The lowest BCUT2D eigenvalue weighted by Crippen LogP contribution is -2.45. The van der Waals surface area contributed by atoms with Gasteiger partial charge in [0.2, 0.25) is 0 Å². The number of fused-ring (bicyclic) bond motifs is 1. The number of aliphatic hydroxyl groups excluding tert-OH is 1. The highest BCUT2D eigenvalue weighted by Crippen LogP contribution is 2.46. The molecular formula is C13H21BO4. The van der Waals surface area contributed by atoms with E-state index in [9.17, 15) is 5.11 Å². The molecule has 2 fully saturated rings. The van der Waals surface area contributed by atoms with Gasteiger partial charge in [0.05, 0.1) is 12.6 Å². The first kappa shape index (κ1) is 13.8. The Bertz CT molecular complexity index is 396. The molecule has 0 aromatic carbocycles. The summed E-state index contributed by atoms with van der Waals surface area (Å²) < 4.78 is 17.7. The minimum absolute atomic E-state index is 0.0706. The Labute approximate surface area is 109 Å². The average molecular weight is 252 g/mol. The van der Waals surface area contributed by atoms with Crippen molar-refractivity contribution in [1.29, 1.82) is 0 Å². The second-order valence-corrected chi connectivity index (χ2v) is 5.68. The second-order valence-electron chi connectivity index (χ2n) is 5.68. The summed E-state index contributed by atoms with van der Waals surface area (Å²) in [4.78, 5) is 0. The van der Waals surface area contributed by atoms with E-state index in [1.165, 1.54) is 0 Å². The molecule has 2 rings (SSSR count). The van der Waals surface area contributed by atoms with E-state index in [4.69, 9.17) is 14.2 Å². The summed E-state index contributed by atoms with van der Waals surface area (Å²) in [6, 6.07) is -0.173. The quantitative estimate of drug-likeness (QED) is 0.569. The van der Waals surface area contributed by atoms with Crippen LogP contribution in [0, 0.1) is 0 Å². The first-order chi connectivity index (χ1) is 8.31. The third-order valence-corrected chi connectivity index (χ3v) is 3.40. The summed E-state index contributed by atoms with van der Waals surface area (Å²) in [6.07, 6.45) is 1.25. The lowest BCUT2D eigenvalue weighted by molar-refractivity contribution is -0.191. The molecule has 0 saturated carbocycles. The molecule has 2 saturated heterocycles. The molecule has 2 heterocycles. The Hall–Kier alpha value is -0.575. The maximum atomic E-state index is 9.39. The van der Waals surface area contributed by atoms with E-state index in [1.54, 1.807) is 0 Å². The standard InChI is InChI=1S/C13H21BO4/c1-8(2)5-6-13-10(17-12(3,4)18-13)9(7-15)16-11(13)14/h6,9-11,15H,7,14H2,1-4H3/t9-,10+,11-,13?/m1/s1. The molecule has 4 atom stereocenters. The molecule has 18 heavy (non-hydrogen) atoms. The van der Waals surface area contributed by atoms with Crippen LogP contribution in [0.3, 0.4) is 0 Å². The molecule has 100 valence electrons. The SMILES string of the molecule is B[C@@H]1O[C@H](CO)[C@@H]2OC(C)(C)OC12C=C=C(C)C. The lowest BCUT2D eigenvalue weighted by Gasteiger charge is -2.27. The fraction of sp³-hybridized carbons (Fsp3) is 0.769. The van der Waals surface area contributed by atoms with Crippen molar-refractivity contribution in [1.82, 2.24) is 0 Å². The van der Waals surface area contributed by atoms with Gasteiger partial charge in [-0.25, -0.2) is 0 Å². The summed E-state index contributed by atoms with van der Waals surface area (Å²) in [5.41, 5.74) is 3.59. The van der Waals surface area contributed by atoms with E-state index in [0.717, 1.165) is 5.57 Å². The number of rotatable bonds is 2. The molecular weight excluding hydrogens is 231 g/mol. The van der Waals surface area contributed by atoms with Crippen molar-refractivity contribution < 1.29 is 19.3 Å². The Balaban J connectivity index is 2.42. The van der Waals surface area contributed by atoms with E-state index < -0.39 is 11.4 Å². The van der Waals surface area contributed by atoms with Gasteiger partial charge in [0.25, 0.3) is 0 Å². The first-order valence-electron chi connectivity index (χ1n) is 6.36. The van der Waals surface area contributed by atoms with Crippen molar-refractivity contribution >= 4 is 7.85 Å². The van der Waals surface area contributed by atoms with E-state index in [0.29, 0.717) is 0 Å². The molecule has 1 N–H and O–H groups in total. The zero-order chi connectivity index (χ0) is 13.6. The van der Waals surface area contributed by atoms with Gasteiger partial charge < -0.3 is 19.3 Å². The van der Waals surface area contributed by atoms with Crippen LogP contribution in [-0.4, -0.2) is 49.2 Å². The highest BCUT2D eigenvalue weighted by atomic mass is 16.8. The summed E-state index contributed by atoms with van der Waals surface area (Å²) in [7, 11) is 1.94. The van der Waals surface area contributed by atoms with Gasteiger partial charge >= 0.3 is 0 Å². The monoisotopic (exact) mass is 252 g/mol. The highest BCUT2D eigenvalue weighted by molar-refractivity contribution is 6.12. The van der Waals surface area contributed by atoms with Crippen LogP contribution in [0.5, 0.6) is 0 Å². The van der Waals surface area contributed by atoms with Crippen LogP contribution in [0.1, 0.15) is 27.7 Å². The molecule has 1 unspecified atom stereocenters. The third-order valence-electron chi connectivity index (χ3n) is 3.40. The molecule has 0 aromatic heterocycles. The zero-order valence-corrected chi connectivity index (χ0v) is 11.7. The highest BCUT2D eigenvalue weighted by Gasteiger charge is 2.63. The van der Waals surface area contributed by atoms with E-state index >= 15 is 0 Å². The van der Waals surface area contributed by atoms with Crippen molar-refractivity contribution in [3.8, 4) is 0 Å². The molecule has 0 amide bonds. The zero-order valence-electron chi connectivity index (χ0n) is 11.7. The predicted molar refractivity (Wildman–Crippen MR) is 70.0 cm³/mol. The Morgan fingerprint density at radius 2 is 2.11 bits per heavy atom. The number of aliphatic hydroxyl groups is 1. The Morgan fingerprint density at radius 1 is 1.44 bits per heavy atom. The van der Waals surface area contributed by atoms with Crippen LogP contribution < -0.4 is 0 Å². The largest absolute Gasteiger partial charge is 0.394 e. The van der Waals surface area contributed by atoms with Gasteiger partial charge in [0.1, 0.15) is 25.7 Å². The van der Waals surface area contributed by atoms with Crippen LogP contribution in [0.4, 0.5) is 0 Å². The molecule has 5 heteroatoms. The van der Waals surface area contributed by atoms with Crippen molar-refractivity contribution in [2.45, 2.75) is 57.3 Å². The van der Waals surface area contributed by atoms with Gasteiger partial charge in [-0.15, -0.1) is 5.73 Å². The summed E-state index contributed by atoms with van der Waals surface area (Å²) in [5, 5.41) is 9.39. The fourth-order valence-electron chi connectivity index (χ4n) is 2.65. The number of ether oxygens (including phenoxy) is 3. The Kier molecular flexibility index (Phi) is 3.47. The smallest absolute Gasteiger partial charge is 0.164 e. The van der Waals surface area contributed by atoms with Crippen molar-refractivity contribution in [2.75, 3.05) is 6.61 Å². The minimum atomic E-state index is -0.671. The summed E-state index contributed by atoms with van der Waals surface area (Å²) in [6.45, 7) is 7.65. The van der Waals surface area contributed by atoms with E-state index in [1.807, 2.05) is 41.6 Å². The van der Waals surface area contributed by atoms with Crippen molar-refractivity contribution in [2.24, 2.45) is 0 Å². The van der Waals surface area contributed by atoms with Crippen molar-refractivity contribution in [3.63, 3.8) is 0 Å². The molecule has 0 bridgehead atoms. The Morgan fingerprint density at radius 3 is 2.67 bits per heavy atom. The summed E-state index contributed by atoms with van der Waals surface area (Å²) in [5.74, 6) is -0.671. The van der Waals surface area contributed by atoms with Crippen LogP contribution in [-0.2, 0) is 14.2 Å². The van der Waals surface area contributed by atoms with Gasteiger partial charge in [-0.05, 0) is 39.3 Å². The molecule has 0 aliphatic carbocycles. The second kappa shape index (κ2) is 4.51. The van der Waals surface area contributed by atoms with Crippen LogP contribution >= 0.6 is 0 Å². The van der Waals surface area contributed by atoms with Gasteiger partial charge in [0, 0.05) is 0 Å². The van der Waals surface area contributed by atoms with Gasteiger partial charge in [-0.1, -0.05) is 0 Å². The third kappa shape index (κ3) is 2.17. The van der Waals surface area contributed by atoms with Gasteiger partial charge in [-0.3, -0.25) is 0 Å². The van der Waals surface area contributed by atoms with Crippen molar-refractivity contribution in [3.05, 3.63) is 17.4 Å². The predicted octanol–water partition coefficient (Wildman–Crippen LogP) is 0.348. The van der Waals surface area contributed by atoms with Crippen LogP contribution in [0.25, 0.3) is 0 Å². The minimum Gasteiger partial charge on any atom is -0.394 e. The normalized spacial score (nSPS) is 41.3.